The zero-order valence-electron chi connectivity index (χ0n) is 17.2. The molecule has 0 saturated carbocycles. The Labute approximate surface area is 174 Å². The summed E-state index contributed by atoms with van der Waals surface area (Å²) < 4.78 is 26.2. The van der Waals surface area contributed by atoms with Gasteiger partial charge < -0.3 is 10.0 Å². The number of nitro groups is 1. The third kappa shape index (κ3) is 3.92. The second kappa shape index (κ2) is 7.24. The molecule has 1 aliphatic heterocycles. The SMILES string of the molecule is CC1N(C)c2cc(NS(C)(=O)=O)c(N=Nc3cc([N+](=O)[O-])ccc3O)cc2C1(C)C. The molecule has 1 aliphatic rings. The number of rotatable bonds is 5. The van der Waals surface area contributed by atoms with Crippen LogP contribution in [0.25, 0.3) is 0 Å². The summed E-state index contributed by atoms with van der Waals surface area (Å²) in [6.07, 6.45) is 1.03. The van der Waals surface area contributed by atoms with E-state index < -0.39 is 14.9 Å². The number of anilines is 2. The molecule has 0 spiro atoms. The van der Waals surface area contributed by atoms with Crippen molar-refractivity contribution in [1.29, 1.82) is 0 Å². The molecule has 30 heavy (non-hydrogen) atoms. The van der Waals surface area contributed by atoms with Gasteiger partial charge in [0.1, 0.15) is 17.1 Å². The van der Waals surface area contributed by atoms with Gasteiger partial charge in [-0.25, -0.2) is 8.42 Å². The van der Waals surface area contributed by atoms with Crippen molar-refractivity contribution < 1.29 is 18.4 Å². The number of azo groups is 1. The molecule has 3 rings (SSSR count). The number of aromatic hydroxyl groups is 1. The minimum absolute atomic E-state index is 0.0975. The quantitative estimate of drug-likeness (QED) is 0.412. The largest absolute Gasteiger partial charge is 0.506 e. The van der Waals surface area contributed by atoms with Crippen molar-refractivity contribution in [3.8, 4) is 5.75 Å². The molecule has 1 unspecified atom stereocenters. The zero-order valence-corrected chi connectivity index (χ0v) is 18.1. The van der Waals surface area contributed by atoms with E-state index in [4.69, 9.17) is 0 Å². The Bertz CT molecular complexity index is 1160. The van der Waals surface area contributed by atoms with E-state index >= 15 is 0 Å². The fourth-order valence-corrected chi connectivity index (χ4v) is 4.04. The van der Waals surface area contributed by atoms with Crippen LogP contribution in [0.15, 0.2) is 40.6 Å². The van der Waals surface area contributed by atoms with Gasteiger partial charge in [-0.15, -0.1) is 10.2 Å². The molecule has 2 N–H and O–H groups in total. The van der Waals surface area contributed by atoms with Gasteiger partial charge in [-0.05, 0) is 30.7 Å². The highest BCUT2D eigenvalue weighted by Gasteiger charge is 2.41. The number of hydrogen-bond acceptors (Lipinski definition) is 8. The Morgan fingerprint density at radius 1 is 1.20 bits per heavy atom. The van der Waals surface area contributed by atoms with Gasteiger partial charge in [0.25, 0.3) is 5.69 Å². The molecule has 1 atom stereocenters. The smallest absolute Gasteiger partial charge is 0.271 e. The van der Waals surface area contributed by atoms with Crippen molar-refractivity contribution in [2.45, 2.75) is 32.2 Å². The number of non-ortho nitro benzene ring substituents is 1. The predicted octanol–water partition coefficient (Wildman–Crippen LogP) is 4.20. The number of sulfonamides is 1. The standard InChI is InChI=1S/C19H23N5O5S/c1-11-19(2,3)13-9-14(15(22-30(5,28)29)10-17(13)23(11)4)20-21-16-8-12(24(26)27)6-7-18(16)25/h6-11,22,25H,1-5H3. The van der Waals surface area contributed by atoms with Crippen LogP contribution in [0.2, 0.25) is 0 Å². The molecule has 0 amide bonds. The summed E-state index contributed by atoms with van der Waals surface area (Å²) in [6, 6.07) is 7.01. The summed E-state index contributed by atoms with van der Waals surface area (Å²) >= 11 is 0. The van der Waals surface area contributed by atoms with Crippen molar-refractivity contribution in [1.82, 2.24) is 0 Å². The summed E-state index contributed by atoms with van der Waals surface area (Å²) in [4.78, 5) is 12.4. The molecule has 0 saturated heterocycles. The van der Waals surface area contributed by atoms with E-state index in [1.165, 1.54) is 0 Å². The lowest BCUT2D eigenvalue weighted by Gasteiger charge is -2.28. The fraction of sp³-hybridized carbons (Fsp3) is 0.368. The summed E-state index contributed by atoms with van der Waals surface area (Å²) in [5, 5.41) is 29.0. The van der Waals surface area contributed by atoms with Gasteiger partial charge >= 0.3 is 0 Å². The number of likely N-dealkylation sites (N-methyl/N-ethyl adjacent to an activating group) is 1. The number of nitro benzene ring substituents is 1. The Kier molecular flexibility index (Phi) is 5.19. The normalized spacial score (nSPS) is 17.9. The molecular formula is C19H23N5O5S. The number of phenolic OH excluding ortho intramolecular Hbond substituents is 1. The summed E-state index contributed by atoms with van der Waals surface area (Å²) in [5.41, 5.74) is 1.72. The van der Waals surface area contributed by atoms with Crippen molar-refractivity contribution in [2.75, 3.05) is 22.9 Å². The second-order valence-electron chi connectivity index (χ2n) is 7.90. The average molecular weight is 433 g/mol. The van der Waals surface area contributed by atoms with E-state index in [1.807, 2.05) is 7.05 Å². The van der Waals surface area contributed by atoms with Gasteiger partial charge in [-0.2, -0.15) is 0 Å². The van der Waals surface area contributed by atoms with E-state index in [1.54, 1.807) is 12.1 Å². The topological polar surface area (TPSA) is 138 Å². The molecule has 11 heteroatoms. The van der Waals surface area contributed by atoms with Gasteiger partial charge in [-0.3, -0.25) is 14.8 Å². The molecule has 160 valence electrons. The molecule has 0 fully saturated rings. The first-order chi connectivity index (χ1) is 13.8. The van der Waals surface area contributed by atoms with Crippen LogP contribution in [-0.2, 0) is 15.4 Å². The molecular weight excluding hydrogens is 410 g/mol. The predicted molar refractivity (Wildman–Crippen MR) is 115 cm³/mol. The first kappa shape index (κ1) is 21.5. The van der Waals surface area contributed by atoms with Crippen LogP contribution in [-0.4, -0.2) is 37.8 Å². The van der Waals surface area contributed by atoms with Crippen molar-refractivity contribution in [2.24, 2.45) is 10.2 Å². The zero-order chi connectivity index (χ0) is 22.4. The molecule has 2 aromatic carbocycles. The van der Waals surface area contributed by atoms with Gasteiger partial charge in [0.15, 0.2) is 0 Å². The van der Waals surface area contributed by atoms with Crippen LogP contribution in [0.1, 0.15) is 26.3 Å². The summed E-state index contributed by atoms with van der Waals surface area (Å²) in [5.74, 6) is -0.281. The molecule has 2 aromatic rings. The summed E-state index contributed by atoms with van der Waals surface area (Å²) in [6.45, 7) is 6.24. The third-order valence-electron chi connectivity index (χ3n) is 5.54. The van der Waals surface area contributed by atoms with Crippen LogP contribution in [0.5, 0.6) is 5.75 Å². The number of nitrogens with zero attached hydrogens (tertiary/aromatic N) is 4. The highest BCUT2D eigenvalue weighted by atomic mass is 32.2. The Morgan fingerprint density at radius 3 is 2.43 bits per heavy atom. The van der Waals surface area contributed by atoms with E-state index in [2.05, 4.69) is 40.6 Å². The number of fused-ring (bicyclic) bond motifs is 1. The Hall–Kier alpha value is -3.21. The van der Waals surface area contributed by atoms with Gasteiger partial charge in [-0.1, -0.05) is 13.8 Å². The van der Waals surface area contributed by atoms with Crippen molar-refractivity contribution >= 4 is 38.5 Å². The van der Waals surface area contributed by atoms with Crippen LogP contribution >= 0.6 is 0 Å². The number of hydrogen-bond donors (Lipinski definition) is 2. The van der Waals surface area contributed by atoms with Crippen LogP contribution < -0.4 is 9.62 Å². The molecule has 0 aromatic heterocycles. The molecule has 0 bridgehead atoms. The van der Waals surface area contributed by atoms with Crippen LogP contribution in [0, 0.1) is 10.1 Å². The lowest BCUT2D eigenvalue weighted by molar-refractivity contribution is -0.384. The maximum Gasteiger partial charge on any atom is 0.271 e. The van der Waals surface area contributed by atoms with Gasteiger partial charge in [0.2, 0.25) is 10.0 Å². The minimum atomic E-state index is -3.59. The maximum atomic E-state index is 11.9. The van der Waals surface area contributed by atoms with E-state index in [0.717, 1.165) is 35.7 Å². The molecule has 10 nitrogen and oxygen atoms in total. The van der Waals surface area contributed by atoms with Crippen molar-refractivity contribution in [3.05, 3.63) is 46.0 Å². The fourth-order valence-electron chi connectivity index (χ4n) is 3.48. The second-order valence-corrected chi connectivity index (χ2v) is 9.65. The van der Waals surface area contributed by atoms with Crippen LogP contribution in [0.3, 0.4) is 0 Å². The molecule has 0 aliphatic carbocycles. The monoisotopic (exact) mass is 433 g/mol. The third-order valence-corrected chi connectivity index (χ3v) is 6.13. The Morgan fingerprint density at radius 2 is 1.83 bits per heavy atom. The van der Waals surface area contributed by atoms with E-state index in [0.29, 0.717) is 0 Å². The van der Waals surface area contributed by atoms with Gasteiger partial charge in [0, 0.05) is 36.3 Å². The first-order valence-corrected chi connectivity index (χ1v) is 11.0. The van der Waals surface area contributed by atoms with E-state index in [9.17, 15) is 23.6 Å². The highest BCUT2D eigenvalue weighted by molar-refractivity contribution is 7.92. The molecule has 1 heterocycles. The number of benzene rings is 2. The maximum absolute atomic E-state index is 11.9. The lowest BCUT2D eigenvalue weighted by atomic mass is 9.81. The first-order valence-electron chi connectivity index (χ1n) is 9.09. The minimum Gasteiger partial charge on any atom is -0.506 e. The average Bonchev–Trinajstić information content (AvgIpc) is 2.80. The van der Waals surface area contributed by atoms with Gasteiger partial charge in [0.05, 0.1) is 16.9 Å². The van der Waals surface area contributed by atoms with Crippen LogP contribution in [0.4, 0.5) is 28.4 Å². The molecule has 0 radical (unpaired) electrons. The highest BCUT2D eigenvalue weighted by Crippen LogP contribution is 2.48. The van der Waals surface area contributed by atoms with Crippen molar-refractivity contribution in [3.63, 3.8) is 0 Å². The lowest BCUT2D eigenvalue weighted by Crippen LogP contribution is -2.36. The summed E-state index contributed by atoms with van der Waals surface area (Å²) in [7, 11) is -1.66. The number of phenols is 1. The number of nitrogens with one attached hydrogen (secondary N) is 1. The van der Waals surface area contributed by atoms with E-state index in [-0.39, 0.29) is 40.0 Å². The Balaban J connectivity index is 2.14.